The molecule has 0 N–H and O–H groups in total. The van der Waals surface area contributed by atoms with E-state index in [-0.39, 0.29) is 18.5 Å². The molecule has 1 aliphatic rings. The third-order valence-corrected chi connectivity index (χ3v) is 5.27. The third-order valence-electron chi connectivity index (χ3n) is 4.22. The molecule has 2 aromatic carbocycles. The molecule has 120 valence electrons. The van der Waals surface area contributed by atoms with Gasteiger partial charge >= 0.3 is 0 Å². The van der Waals surface area contributed by atoms with Crippen LogP contribution in [0.5, 0.6) is 5.75 Å². The van der Waals surface area contributed by atoms with Crippen molar-refractivity contribution in [3.05, 3.63) is 63.8 Å². The Hall–Kier alpha value is -1.55. The summed E-state index contributed by atoms with van der Waals surface area (Å²) in [5.41, 5.74) is 1.37. The normalized spacial score (nSPS) is 17.6. The van der Waals surface area contributed by atoms with Gasteiger partial charge in [0.05, 0.1) is 0 Å². The largest absolute Gasteiger partial charge is 0.484 e. The number of hydrogen-bond acceptors (Lipinski definition) is 3. The number of likely N-dealkylation sites (N-methyl/N-ethyl adjacent to an activating group) is 1. The van der Waals surface area contributed by atoms with E-state index in [0.29, 0.717) is 0 Å². The van der Waals surface area contributed by atoms with Gasteiger partial charge in [-0.3, -0.25) is 4.90 Å². The second-order valence-electron chi connectivity index (χ2n) is 6.02. The van der Waals surface area contributed by atoms with Crippen LogP contribution in [0.25, 0.3) is 10.8 Å². The first-order chi connectivity index (χ1) is 10.7. The molecule has 0 fully saturated rings. The van der Waals surface area contributed by atoms with E-state index in [1.54, 1.807) is 0 Å². The summed E-state index contributed by atoms with van der Waals surface area (Å²) in [5, 5.41) is 2.41. The quantitative estimate of drug-likeness (QED) is 0.633. The summed E-state index contributed by atoms with van der Waals surface area (Å²) in [7, 11) is 2.16. The molecule has 1 unspecified atom stereocenters. The lowest BCUT2D eigenvalue weighted by atomic mass is 10.0. The molecule has 0 amide bonds. The van der Waals surface area contributed by atoms with Gasteiger partial charge in [-0.2, -0.15) is 0 Å². The first kappa shape index (κ1) is 16.3. The van der Waals surface area contributed by atoms with Crippen molar-refractivity contribution in [1.82, 2.24) is 4.90 Å². The molecular weight excluding hydrogens is 326 g/mol. The van der Waals surface area contributed by atoms with Crippen LogP contribution >= 0.6 is 23.7 Å². The maximum atomic E-state index is 6.44. The van der Waals surface area contributed by atoms with Gasteiger partial charge < -0.3 is 4.74 Å². The average Bonchev–Trinajstić information content (AvgIpc) is 2.88. The van der Waals surface area contributed by atoms with E-state index in [0.717, 1.165) is 18.8 Å². The number of fused-ring (bicyclic) bond motifs is 2. The van der Waals surface area contributed by atoms with Crippen LogP contribution in [0.3, 0.4) is 0 Å². The molecule has 3 aromatic rings. The van der Waals surface area contributed by atoms with E-state index >= 15 is 0 Å². The second kappa shape index (κ2) is 6.52. The smallest absolute Gasteiger partial charge is 0.137 e. The maximum absolute atomic E-state index is 6.44. The van der Waals surface area contributed by atoms with Gasteiger partial charge in [0.15, 0.2) is 0 Å². The fourth-order valence-electron chi connectivity index (χ4n) is 3.22. The van der Waals surface area contributed by atoms with Crippen LogP contribution in [0, 0.1) is 6.92 Å². The summed E-state index contributed by atoms with van der Waals surface area (Å²) in [6.07, 6.45) is 0.115. The van der Waals surface area contributed by atoms with Crippen LogP contribution in [0.2, 0.25) is 0 Å². The summed E-state index contributed by atoms with van der Waals surface area (Å²) in [5.74, 6) is 0.980. The minimum atomic E-state index is 0. The van der Waals surface area contributed by atoms with Crippen LogP contribution in [0.15, 0.2) is 48.5 Å². The standard InChI is InChI=1S/C19H19NOS.ClH/c1-13-10-16-18(11-20(2)12-19(16)22-13)21-17-9-5-7-14-6-3-4-8-15(14)17;/h3-10,18H,11-12H2,1-2H3;1H. The highest BCUT2D eigenvalue weighted by atomic mass is 35.5. The molecule has 1 aromatic heterocycles. The molecule has 4 rings (SSSR count). The van der Waals surface area contributed by atoms with Gasteiger partial charge in [-0.05, 0) is 31.5 Å². The predicted molar refractivity (Wildman–Crippen MR) is 100.0 cm³/mol. The monoisotopic (exact) mass is 345 g/mol. The third kappa shape index (κ3) is 3.09. The number of rotatable bonds is 2. The zero-order valence-corrected chi connectivity index (χ0v) is 14.9. The SMILES string of the molecule is Cc1cc2c(s1)CN(C)CC2Oc1cccc2ccccc12.Cl. The average molecular weight is 346 g/mol. The summed E-state index contributed by atoms with van der Waals surface area (Å²) in [6, 6.07) is 17.0. The van der Waals surface area contributed by atoms with Crippen molar-refractivity contribution in [2.45, 2.75) is 19.6 Å². The van der Waals surface area contributed by atoms with E-state index in [4.69, 9.17) is 4.74 Å². The first-order valence-electron chi connectivity index (χ1n) is 7.63. The summed E-state index contributed by atoms with van der Waals surface area (Å²) < 4.78 is 6.44. The molecule has 0 saturated carbocycles. The van der Waals surface area contributed by atoms with E-state index in [2.05, 4.69) is 67.4 Å². The molecule has 0 aliphatic carbocycles. The Labute approximate surface area is 147 Å². The minimum absolute atomic E-state index is 0. The Morgan fingerprint density at radius 2 is 1.91 bits per heavy atom. The highest BCUT2D eigenvalue weighted by Crippen LogP contribution is 2.37. The lowest BCUT2D eigenvalue weighted by molar-refractivity contribution is 0.132. The molecule has 0 spiro atoms. The number of nitrogens with zero attached hydrogens (tertiary/aromatic N) is 1. The summed E-state index contributed by atoms with van der Waals surface area (Å²) in [4.78, 5) is 5.15. The molecular formula is C19H20ClNOS. The Balaban J connectivity index is 0.00000156. The molecule has 23 heavy (non-hydrogen) atoms. The minimum Gasteiger partial charge on any atom is -0.484 e. The fraction of sp³-hybridized carbons (Fsp3) is 0.263. The predicted octanol–water partition coefficient (Wildman–Crippen LogP) is 5.20. The van der Waals surface area contributed by atoms with Crippen molar-refractivity contribution >= 4 is 34.5 Å². The van der Waals surface area contributed by atoms with E-state index in [1.807, 2.05) is 11.3 Å². The van der Waals surface area contributed by atoms with E-state index in [9.17, 15) is 0 Å². The van der Waals surface area contributed by atoms with E-state index < -0.39 is 0 Å². The van der Waals surface area contributed by atoms with Gasteiger partial charge in [0.2, 0.25) is 0 Å². The van der Waals surface area contributed by atoms with Crippen molar-refractivity contribution in [2.75, 3.05) is 13.6 Å². The topological polar surface area (TPSA) is 12.5 Å². The zero-order chi connectivity index (χ0) is 15.1. The molecule has 1 aliphatic heterocycles. The van der Waals surface area contributed by atoms with Gasteiger partial charge in [0, 0.05) is 33.8 Å². The van der Waals surface area contributed by atoms with Gasteiger partial charge in [0.25, 0.3) is 0 Å². The molecule has 0 radical (unpaired) electrons. The number of thiophene rings is 1. The lowest BCUT2D eigenvalue weighted by Crippen LogP contribution is -2.32. The number of benzene rings is 2. The zero-order valence-electron chi connectivity index (χ0n) is 13.3. The Kier molecular flexibility index (Phi) is 4.62. The van der Waals surface area contributed by atoms with Gasteiger partial charge in [0.1, 0.15) is 11.9 Å². The number of ether oxygens (including phenoxy) is 1. The van der Waals surface area contributed by atoms with E-state index in [1.165, 1.54) is 26.1 Å². The van der Waals surface area contributed by atoms with Crippen LogP contribution in [-0.4, -0.2) is 18.5 Å². The van der Waals surface area contributed by atoms with Crippen molar-refractivity contribution < 1.29 is 4.74 Å². The summed E-state index contributed by atoms with van der Waals surface area (Å²) in [6.45, 7) is 4.15. The second-order valence-corrected chi connectivity index (χ2v) is 7.36. The van der Waals surface area contributed by atoms with Crippen LogP contribution in [0.1, 0.15) is 21.4 Å². The lowest BCUT2D eigenvalue weighted by Gasteiger charge is -2.30. The van der Waals surface area contributed by atoms with Crippen LogP contribution < -0.4 is 4.74 Å². The first-order valence-corrected chi connectivity index (χ1v) is 8.44. The number of hydrogen-bond donors (Lipinski definition) is 0. The van der Waals surface area contributed by atoms with Crippen molar-refractivity contribution in [3.63, 3.8) is 0 Å². The van der Waals surface area contributed by atoms with Gasteiger partial charge in [-0.15, -0.1) is 23.7 Å². The molecule has 0 saturated heterocycles. The Morgan fingerprint density at radius 3 is 2.78 bits per heavy atom. The van der Waals surface area contributed by atoms with Crippen LogP contribution in [0.4, 0.5) is 0 Å². The highest BCUT2D eigenvalue weighted by molar-refractivity contribution is 7.12. The molecule has 0 bridgehead atoms. The van der Waals surface area contributed by atoms with Crippen molar-refractivity contribution in [1.29, 1.82) is 0 Å². The fourth-order valence-corrected chi connectivity index (χ4v) is 4.39. The van der Waals surface area contributed by atoms with Gasteiger partial charge in [-0.1, -0.05) is 36.4 Å². The highest BCUT2D eigenvalue weighted by Gasteiger charge is 2.27. The van der Waals surface area contributed by atoms with Crippen LogP contribution in [-0.2, 0) is 6.54 Å². The van der Waals surface area contributed by atoms with Gasteiger partial charge in [-0.25, -0.2) is 0 Å². The van der Waals surface area contributed by atoms with Crippen molar-refractivity contribution in [2.24, 2.45) is 0 Å². The summed E-state index contributed by atoms with van der Waals surface area (Å²) >= 11 is 1.89. The Bertz CT molecular complexity index is 824. The molecule has 2 nitrogen and oxygen atoms in total. The van der Waals surface area contributed by atoms with Crippen molar-refractivity contribution in [3.8, 4) is 5.75 Å². The number of halogens is 1. The maximum Gasteiger partial charge on any atom is 0.137 e. The molecule has 2 heterocycles. The molecule has 4 heteroatoms. The molecule has 1 atom stereocenters. The Morgan fingerprint density at radius 1 is 1.13 bits per heavy atom. The number of aryl methyl sites for hydroxylation is 1.